The Kier molecular flexibility index (Phi) is 9.47. The van der Waals surface area contributed by atoms with Crippen molar-refractivity contribution in [2.75, 3.05) is 13.7 Å². The van der Waals surface area contributed by atoms with E-state index < -0.39 is 47.8 Å². The molecule has 2 unspecified atom stereocenters. The van der Waals surface area contributed by atoms with E-state index in [2.05, 4.69) is 15.7 Å². The van der Waals surface area contributed by atoms with E-state index in [-0.39, 0.29) is 19.0 Å². The summed E-state index contributed by atoms with van der Waals surface area (Å²) in [5.41, 5.74) is -0.174. The van der Waals surface area contributed by atoms with Crippen LogP contribution >= 0.6 is 0 Å². The fourth-order valence-electron chi connectivity index (χ4n) is 5.34. The first-order valence-electron chi connectivity index (χ1n) is 15.4. The van der Waals surface area contributed by atoms with Crippen molar-refractivity contribution in [1.82, 2.24) is 30.3 Å². The molecule has 3 aromatic rings. The Labute approximate surface area is 262 Å². The first-order valence-corrected chi connectivity index (χ1v) is 15.4. The average molecular weight is 623 g/mol. The van der Waals surface area contributed by atoms with E-state index in [1.165, 1.54) is 4.90 Å². The van der Waals surface area contributed by atoms with Crippen molar-refractivity contribution < 1.29 is 33.7 Å². The molecule has 2 aromatic heterocycles. The minimum Gasteiger partial charge on any atom is -0.497 e. The summed E-state index contributed by atoms with van der Waals surface area (Å²) >= 11 is 0. The van der Waals surface area contributed by atoms with Gasteiger partial charge >= 0.3 is 6.09 Å². The molecule has 2 fully saturated rings. The van der Waals surface area contributed by atoms with Crippen molar-refractivity contribution in [2.24, 2.45) is 0 Å². The number of fused-ring (bicyclic) bond motifs is 1. The molecule has 13 nitrogen and oxygen atoms in total. The van der Waals surface area contributed by atoms with Gasteiger partial charge in [0.1, 0.15) is 29.2 Å². The van der Waals surface area contributed by atoms with E-state index in [4.69, 9.17) is 19.2 Å². The summed E-state index contributed by atoms with van der Waals surface area (Å²) in [6.45, 7) is 7.25. The quantitative estimate of drug-likeness (QED) is 0.292. The SMILES string of the molecule is CCC[C@H](NC(=O)C1CC(Oc2cc(-n3cccn3)nc3cc(OC)ccc23)CN1C(=O)OC(C)(C)C)[C@H](O)C(=O)NC1CC1. The highest BCUT2D eigenvalue weighted by Gasteiger charge is 2.44. The highest BCUT2D eigenvalue weighted by atomic mass is 16.6. The number of aromatic nitrogens is 3. The average Bonchev–Trinajstić information content (AvgIpc) is 3.45. The van der Waals surface area contributed by atoms with E-state index >= 15 is 0 Å². The van der Waals surface area contributed by atoms with E-state index in [1.54, 1.807) is 69.2 Å². The third-order valence-corrected chi connectivity index (χ3v) is 7.69. The summed E-state index contributed by atoms with van der Waals surface area (Å²) in [7, 11) is 1.58. The first kappa shape index (κ1) is 32.0. The topological polar surface area (TPSA) is 157 Å². The molecule has 4 atom stereocenters. The molecule has 1 aliphatic carbocycles. The van der Waals surface area contributed by atoms with Crippen LogP contribution in [-0.4, -0.2) is 92.3 Å². The van der Waals surface area contributed by atoms with Crippen molar-refractivity contribution in [3.05, 3.63) is 42.7 Å². The van der Waals surface area contributed by atoms with Gasteiger partial charge in [-0.1, -0.05) is 13.3 Å². The highest BCUT2D eigenvalue weighted by molar-refractivity contribution is 5.89. The number of benzene rings is 1. The van der Waals surface area contributed by atoms with Crippen LogP contribution in [0.4, 0.5) is 4.79 Å². The normalized spacial score (nSPS) is 19.6. The summed E-state index contributed by atoms with van der Waals surface area (Å²) in [5, 5.41) is 21.5. The molecule has 5 rings (SSSR count). The van der Waals surface area contributed by atoms with Gasteiger partial charge in [0.15, 0.2) is 11.9 Å². The van der Waals surface area contributed by atoms with Gasteiger partial charge in [-0.3, -0.25) is 14.5 Å². The lowest BCUT2D eigenvalue weighted by molar-refractivity contribution is -0.133. The Morgan fingerprint density at radius 1 is 1.18 bits per heavy atom. The zero-order valence-corrected chi connectivity index (χ0v) is 26.4. The number of aliphatic hydroxyl groups excluding tert-OH is 1. The van der Waals surface area contributed by atoms with Crippen molar-refractivity contribution in [1.29, 1.82) is 0 Å². The molecule has 242 valence electrons. The van der Waals surface area contributed by atoms with Gasteiger partial charge < -0.3 is 30.0 Å². The molecule has 1 aliphatic heterocycles. The summed E-state index contributed by atoms with van der Waals surface area (Å²) < 4.78 is 19.2. The largest absolute Gasteiger partial charge is 0.497 e. The second-order valence-corrected chi connectivity index (χ2v) is 12.6. The maximum absolute atomic E-state index is 13.8. The van der Waals surface area contributed by atoms with Crippen molar-refractivity contribution in [3.63, 3.8) is 0 Å². The molecular weight excluding hydrogens is 580 g/mol. The lowest BCUT2D eigenvalue weighted by Crippen LogP contribution is -2.55. The molecule has 3 N–H and O–H groups in total. The van der Waals surface area contributed by atoms with Crippen molar-refractivity contribution in [2.45, 2.75) is 95.7 Å². The maximum atomic E-state index is 13.8. The molecule has 1 aromatic carbocycles. The molecule has 1 saturated carbocycles. The van der Waals surface area contributed by atoms with Gasteiger partial charge in [-0.2, -0.15) is 5.10 Å². The van der Waals surface area contributed by atoms with Gasteiger partial charge in [0.2, 0.25) is 5.91 Å². The van der Waals surface area contributed by atoms with Gasteiger partial charge in [-0.25, -0.2) is 14.5 Å². The first-order chi connectivity index (χ1) is 21.5. The Bertz CT molecular complexity index is 1520. The summed E-state index contributed by atoms with van der Waals surface area (Å²) in [5.74, 6) is 0.640. The summed E-state index contributed by atoms with van der Waals surface area (Å²) in [6, 6.07) is 7.29. The Hall–Kier alpha value is -4.39. The number of hydrogen-bond acceptors (Lipinski definition) is 9. The number of nitrogens with zero attached hydrogens (tertiary/aromatic N) is 4. The van der Waals surface area contributed by atoms with Gasteiger partial charge in [-0.05, 0) is 58.2 Å². The number of nitrogens with one attached hydrogen (secondary N) is 2. The minimum atomic E-state index is -1.42. The molecule has 3 amide bonds. The standard InChI is InChI=1S/C32H42N6O7/c1-6-8-23(28(39)30(41)34-19-9-10-19)36-29(40)25-16-21(18-37(25)31(42)45-32(2,3)4)44-26-17-27(38-14-7-13-33-38)35-24-15-20(43-5)11-12-22(24)26/h7,11-15,17,19,21,23,25,28,39H,6,8-10,16,18H2,1-5H3,(H,34,41)(H,36,40)/t21?,23-,25?,28-/m0/s1. The van der Waals surface area contributed by atoms with Crippen LogP contribution < -0.4 is 20.1 Å². The predicted octanol–water partition coefficient (Wildman–Crippen LogP) is 3.11. The second-order valence-electron chi connectivity index (χ2n) is 12.6. The smallest absolute Gasteiger partial charge is 0.411 e. The number of pyridine rings is 1. The van der Waals surface area contributed by atoms with Crippen molar-refractivity contribution >= 4 is 28.8 Å². The van der Waals surface area contributed by atoms with Gasteiger partial charge in [0.05, 0.1) is 25.2 Å². The van der Waals surface area contributed by atoms with E-state index in [0.29, 0.717) is 35.7 Å². The molecule has 2 aliphatic rings. The molecule has 13 heteroatoms. The Morgan fingerprint density at radius 3 is 2.60 bits per heavy atom. The van der Waals surface area contributed by atoms with Gasteiger partial charge in [-0.15, -0.1) is 0 Å². The molecule has 1 saturated heterocycles. The van der Waals surface area contributed by atoms with Crippen LogP contribution in [0.25, 0.3) is 16.7 Å². The predicted molar refractivity (Wildman–Crippen MR) is 165 cm³/mol. The monoisotopic (exact) mass is 622 g/mol. The van der Waals surface area contributed by atoms with Crippen LogP contribution in [0.1, 0.15) is 59.8 Å². The van der Waals surface area contributed by atoms with E-state index in [1.807, 2.05) is 13.0 Å². The zero-order valence-electron chi connectivity index (χ0n) is 26.4. The number of ether oxygens (including phenoxy) is 3. The fourth-order valence-corrected chi connectivity index (χ4v) is 5.34. The number of rotatable bonds is 11. The van der Waals surface area contributed by atoms with Crippen LogP contribution in [0, 0.1) is 0 Å². The zero-order chi connectivity index (χ0) is 32.3. The van der Waals surface area contributed by atoms with Gasteiger partial charge in [0.25, 0.3) is 5.91 Å². The van der Waals surface area contributed by atoms with Crippen LogP contribution in [0.2, 0.25) is 0 Å². The van der Waals surface area contributed by atoms with Crippen LogP contribution in [0.3, 0.4) is 0 Å². The molecule has 0 spiro atoms. The number of aliphatic hydroxyl groups is 1. The molecule has 0 bridgehead atoms. The van der Waals surface area contributed by atoms with E-state index in [9.17, 15) is 19.5 Å². The third kappa shape index (κ3) is 7.83. The summed E-state index contributed by atoms with van der Waals surface area (Å²) in [4.78, 5) is 45.8. The van der Waals surface area contributed by atoms with Gasteiger partial charge in [0, 0.05) is 42.4 Å². The number of carbonyl (C=O) groups excluding carboxylic acids is 3. The molecule has 0 radical (unpaired) electrons. The van der Waals surface area contributed by atoms with Crippen molar-refractivity contribution in [3.8, 4) is 17.3 Å². The Balaban J connectivity index is 1.41. The molecular formula is C32H42N6O7. The fraction of sp³-hybridized carbons (Fsp3) is 0.531. The number of amides is 3. The van der Waals surface area contributed by atoms with Crippen LogP contribution in [-0.2, 0) is 14.3 Å². The van der Waals surface area contributed by atoms with E-state index in [0.717, 1.165) is 18.2 Å². The lowest BCUT2D eigenvalue weighted by Gasteiger charge is -2.29. The molecule has 3 heterocycles. The number of hydrogen-bond donors (Lipinski definition) is 3. The van der Waals surface area contributed by atoms with Crippen LogP contribution in [0.15, 0.2) is 42.7 Å². The third-order valence-electron chi connectivity index (χ3n) is 7.69. The van der Waals surface area contributed by atoms with Crippen LogP contribution in [0.5, 0.6) is 11.5 Å². The minimum absolute atomic E-state index is 0.0692. The number of methoxy groups -OCH3 is 1. The second kappa shape index (κ2) is 13.3. The summed E-state index contributed by atoms with van der Waals surface area (Å²) in [6.07, 6.45) is 3.68. The molecule has 45 heavy (non-hydrogen) atoms. The highest BCUT2D eigenvalue weighted by Crippen LogP contribution is 2.33. The number of carbonyl (C=O) groups is 3. The lowest BCUT2D eigenvalue weighted by atomic mass is 10.0. The maximum Gasteiger partial charge on any atom is 0.411 e. The number of likely N-dealkylation sites (tertiary alicyclic amines) is 1. The Morgan fingerprint density at radius 2 is 1.96 bits per heavy atom.